The van der Waals surface area contributed by atoms with Gasteiger partial charge in [0.25, 0.3) is 5.91 Å². The number of anilines is 1. The van der Waals surface area contributed by atoms with Crippen molar-refractivity contribution >= 4 is 45.0 Å². The largest absolute Gasteiger partial charge is 0.502 e. The lowest BCUT2D eigenvalue weighted by molar-refractivity contribution is -0.385. The molecular formula is C21H14BrN3O5. The fourth-order valence-electron chi connectivity index (χ4n) is 3.02. The highest BCUT2D eigenvalue weighted by molar-refractivity contribution is 9.10. The Balaban J connectivity index is 1.63. The minimum absolute atomic E-state index is 0.288. The van der Waals surface area contributed by atoms with Crippen LogP contribution in [0, 0.1) is 10.1 Å². The molecule has 150 valence electrons. The SMILES string of the molecule is CC1=NN(c2cccc(Br)c2)C(=O)C1=Cc1ccc(-c2ccc(O)c([N+](=O)[O-])c2)o1. The van der Waals surface area contributed by atoms with Crippen molar-refractivity contribution < 1.29 is 19.2 Å². The van der Waals surface area contributed by atoms with E-state index in [4.69, 9.17) is 4.42 Å². The lowest BCUT2D eigenvalue weighted by Crippen LogP contribution is -2.21. The first-order valence-electron chi connectivity index (χ1n) is 8.78. The molecule has 2 aromatic carbocycles. The number of rotatable bonds is 4. The third kappa shape index (κ3) is 3.62. The molecule has 0 saturated heterocycles. The molecule has 2 heterocycles. The van der Waals surface area contributed by atoms with E-state index < -0.39 is 16.4 Å². The lowest BCUT2D eigenvalue weighted by atomic mass is 10.1. The minimum Gasteiger partial charge on any atom is -0.502 e. The van der Waals surface area contributed by atoms with Gasteiger partial charge in [0.2, 0.25) is 0 Å². The number of hydrogen-bond acceptors (Lipinski definition) is 6. The molecule has 1 N–H and O–H groups in total. The summed E-state index contributed by atoms with van der Waals surface area (Å²) in [6, 6.07) is 14.5. The Morgan fingerprint density at radius 3 is 2.73 bits per heavy atom. The van der Waals surface area contributed by atoms with Crippen molar-refractivity contribution in [2.24, 2.45) is 5.10 Å². The number of amides is 1. The second-order valence-corrected chi connectivity index (χ2v) is 7.42. The van der Waals surface area contributed by atoms with Crippen molar-refractivity contribution in [3.05, 3.63) is 80.5 Å². The first-order valence-corrected chi connectivity index (χ1v) is 9.57. The zero-order valence-electron chi connectivity index (χ0n) is 15.6. The van der Waals surface area contributed by atoms with E-state index in [2.05, 4.69) is 21.0 Å². The van der Waals surface area contributed by atoms with E-state index in [0.29, 0.717) is 34.1 Å². The number of nitrogens with zero attached hydrogens (tertiary/aromatic N) is 3. The first kappa shape index (κ1) is 19.6. The normalized spacial score (nSPS) is 15.0. The van der Waals surface area contributed by atoms with Gasteiger partial charge in [-0.1, -0.05) is 22.0 Å². The summed E-state index contributed by atoms with van der Waals surface area (Å²) in [5.74, 6) is 0.0565. The van der Waals surface area contributed by atoms with E-state index in [0.717, 1.165) is 4.47 Å². The quantitative estimate of drug-likeness (QED) is 0.325. The predicted molar refractivity (Wildman–Crippen MR) is 115 cm³/mol. The van der Waals surface area contributed by atoms with Gasteiger partial charge in [0, 0.05) is 16.1 Å². The third-order valence-corrected chi connectivity index (χ3v) is 4.98. The van der Waals surface area contributed by atoms with Crippen LogP contribution in [-0.4, -0.2) is 21.6 Å². The zero-order valence-corrected chi connectivity index (χ0v) is 17.2. The number of nitro groups is 1. The number of furan rings is 1. The Morgan fingerprint density at radius 2 is 2.00 bits per heavy atom. The Kier molecular flexibility index (Phi) is 4.96. The fraction of sp³-hybridized carbons (Fsp3) is 0.0476. The van der Waals surface area contributed by atoms with E-state index in [9.17, 15) is 20.0 Å². The smallest absolute Gasteiger partial charge is 0.311 e. The van der Waals surface area contributed by atoms with Crippen LogP contribution in [0.15, 0.2) is 74.2 Å². The highest BCUT2D eigenvalue weighted by atomic mass is 79.9. The average molecular weight is 468 g/mol. The fourth-order valence-corrected chi connectivity index (χ4v) is 3.41. The summed E-state index contributed by atoms with van der Waals surface area (Å²) in [6.45, 7) is 1.73. The van der Waals surface area contributed by atoms with Crippen molar-refractivity contribution in [2.45, 2.75) is 6.92 Å². The molecule has 0 spiro atoms. The molecule has 3 aromatic rings. The number of phenolic OH excluding ortho intramolecular Hbond substituents is 1. The van der Waals surface area contributed by atoms with E-state index in [1.807, 2.05) is 12.1 Å². The van der Waals surface area contributed by atoms with Gasteiger partial charge in [-0.25, -0.2) is 0 Å². The molecular weight excluding hydrogens is 454 g/mol. The van der Waals surface area contributed by atoms with Gasteiger partial charge in [-0.2, -0.15) is 10.1 Å². The summed E-state index contributed by atoms with van der Waals surface area (Å²) >= 11 is 3.38. The van der Waals surface area contributed by atoms with E-state index in [1.54, 1.807) is 37.3 Å². The molecule has 0 bridgehead atoms. The second-order valence-electron chi connectivity index (χ2n) is 6.50. The number of hydrogen-bond donors (Lipinski definition) is 1. The molecule has 1 aliphatic heterocycles. The molecule has 1 amide bonds. The third-order valence-electron chi connectivity index (χ3n) is 4.49. The highest BCUT2D eigenvalue weighted by Gasteiger charge is 2.29. The molecule has 30 heavy (non-hydrogen) atoms. The number of carbonyl (C=O) groups is 1. The second kappa shape index (κ2) is 7.60. The van der Waals surface area contributed by atoms with Crippen molar-refractivity contribution in [2.75, 3.05) is 5.01 Å². The standard InChI is InChI=1S/C21H14BrN3O5/c1-12-17(21(27)24(23-12)15-4-2-3-14(22)10-15)11-16-6-8-20(30-16)13-5-7-19(26)18(9-13)25(28)29/h2-11,26H,1H3. The summed E-state index contributed by atoms with van der Waals surface area (Å²) in [4.78, 5) is 23.2. The zero-order chi connectivity index (χ0) is 21.4. The molecule has 0 unspecified atom stereocenters. The van der Waals surface area contributed by atoms with Crippen LogP contribution in [-0.2, 0) is 4.79 Å². The van der Waals surface area contributed by atoms with Crippen LogP contribution in [0.1, 0.15) is 12.7 Å². The van der Waals surface area contributed by atoms with Crippen LogP contribution in [0.5, 0.6) is 5.75 Å². The number of carbonyl (C=O) groups excluding carboxylic acids is 1. The van der Waals surface area contributed by atoms with Gasteiger partial charge in [0.1, 0.15) is 11.5 Å². The van der Waals surface area contributed by atoms with Crippen LogP contribution < -0.4 is 5.01 Å². The maximum Gasteiger partial charge on any atom is 0.311 e. The molecule has 4 rings (SSSR count). The molecule has 0 saturated carbocycles. The predicted octanol–water partition coefficient (Wildman–Crippen LogP) is 5.13. The molecule has 0 fully saturated rings. The number of phenols is 1. The summed E-state index contributed by atoms with van der Waals surface area (Å²) < 4.78 is 6.58. The van der Waals surface area contributed by atoms with Crippen LogP contribution >= 0.6 is 15.9 Å². The van der Waals surface area contributed by atoms with E-state index in [-0.39, 0.29) is 5.91 Å². The molecule has 0 radical (unpaired) electrons. The monoisotopic (exact) mass is 467 g/mol. The number of halogens is 1. The molecule has 1 aliphatic rings. The van der Waals surface area contributed by atoms with Crippen LogP contribution in [0.3, 0.4) is 0 Å². The van der Waals surface area contributed by atoms with Gasteiger partial charge in [-0.3, -0.25) is 14.9 Å². The van der Waals surface area contributed by atoms with E-state index in [1.165, 1.54) is 23.2 Å². The summed E-state index contributed by atoms with van der Waals surface area (Å²) in [5, 5.41) is 26.3. The van der Waals surface area contributed by atoms with Gasteiger partial charge >= 0.3 is 5.69 Å². The van der Waals surface area contributed by atoms with Gasteiger partial charge in [0.15, 0.2) is 5.75 Å². The first-order chi connectivity index (χ1) is 14.3. The molecule has 0 aliphatic carbocycles. The Morgan fingerprint density at radius 1 is 1.20 bits per heavy atom. The number of nitro benzene ring substituents is 1. The number of hydrazone groups is 1. The Bertz CT molecular complexity index is 1240. The van der Waals surface area contributed by atoms with E-state index >= 15 is 0 Å². The maximum absolute atomic E-state index is 12.8. The van der Waals surface area contributed by atoms with Gasteiger partial charge in [0.05, 0.1) is 21.9 Å². The van der Waals surface area contributed by atoms with Crippen LogP contribution in [0.4, 0.5) is 11.4 Å². The van der Waals surface area contributed by atoms with Crippen LogP contribution in [0.2, 0.25) is 0 Å². The Labute approximate surface area is 179 Å². The van der Waals surface area contributed by atoms with Gasteiger partial charge in [-0.05, 0) is 55.5 Å². The Hall–Kier alpha value is -3.72. The topological polar surface area (TPSA) is 109 Å². The molecule has 8 nitrogen and oxygen atoms in total. The molecule has 0 atom stereocenters. The lowest BCUT2D eigenvalue weighted by Gasteiger charge is -2.11. The molecule has 9 heteroatoms. The van der Waals surface area contributed by atoms with Gasteiger partial charge in [-0.15, -0.1) is 0 Å². The maximum atomic E-state index is 12.8. The van der Waals surface area contributed by atoms with Crippen LogP contribution in [0.25, 0.3) is 17.4 Å². The van der Waals surface area contributed by atoms with Crippen molar-refractivity contribution in [1.82, 2.24) is 0 Å². The minimum atomic E-state index is -0.668. The number of benzene rings is 2. The van der Waals surface area contributed by atoms with Gasteiger partial charge < -0.3 is 9.52 Å². The number of aromatic hydroxyl groups is 1. The summed E-state index contributed by atoms with van der Waals surface area (Å²) in [6.07, 6.45) is 1.58. The van der Waals surface area contributed by atoms with Crippen molar-refractivity contribution in [3.63, 3.8) is 0 Å². The summed E-state index contributed by atoms with van der Waals surface area (Å²) in [7, 11) is 0. The highest BCUT2D eigenvalue weighted by Crippen LogP contribution is 2.33. The van der Waals surface area contributed by atoms with Crippen molar-refractivity contribution in [3.8, 4) is 17.1 Å². The average Bonchev–Trinajstić information content (AvgIpc) is 3.28. The summed E-state index contributed by atoms with van der Waals surface area (Å²) in [5.41, 5.74) is 1.57. The molecule has 1 aromatic heterocycles. The van der Waals surface area contributed by atoms with Crippen molar-refractivity contribution in [1.29, 1.82) is 0 Å².